The number of nitrogens with one attached hydrogen (secondary N) is 2. The quantitative estimate of drug-likeness (QED) is 0.628. The Kier molecular flexibility index (Phi) is 6.42. The largest absolute Gasteiger partial charge is 0.497 e. The number of guanidine groups is 1. The Labute approximate surface area is 143 Å². The van der Waals surface area contributed by atoms with E-state index in [-0.39, 0.29) is 0 Å². The topological polar surface area (TPSA) is 61.8 Å². The molecule has 1 heterocycles. The van der Waals surface area contributed by atoms with E-state index in [1.807, 2.05) is 55.5 Å². The zero-order valence-electron chi connectivity index (χ0n) is 14.7. The highest BCUT2D eigenvalue weighted by Gasteiger charge is 2.02. The van der Waals surface area contributed by atoms with Crippen molar-refractivity contribution in [3.05, 3.63) is 53.7 Å². The minimum atomic E-state index is 0.686. The molecule has 2 aromatic rings. The van der Waals surface area contributed by atoms with E-state index in [1.54, 1.807) is 14.2 Å². The molecule has 0 aliphatic rings. The monoisotopic (exact) mass is 327 g/mol. The Morgan fingerprint density at radius 1 is 1.08 bits per heavy atom. The lowest BCUT2D eigenvalue weighted by molar-refractivity contribution is 0.414. The lowest BCUT2D eigenvalue weighted by Crippen LogP contribution is -2.36. The van der Waals surface area contributed by atoms with E-state index >= 15 is 0 Å². The first kappa shape index (κ1) is 17.6. The maximum Gasteiger partial charge on any atom is 0.191 e. The fraction of sp³-hybridized carbons (Fsp3) is 0.333. The molecule has 0 saturated carbocycles. The number of hydrogen-bond acceptors (Lipinski definition) is 4. The second-order valence-electron chi connectivity index (χ2n) is 5.54. The molecule has 0 aliphatic carbocycles. The number of methoxy groups -OCH3 is 1. The van der Waals surface area contributed by atoms with Crippen molar-refractivity contribution < 1.29 is 4.74 Å². The molecule has 2 N–H and O–H groups in total. The van der Waals surface area contributed by atoms with Crippen LogP contribution >= 0.6 is 0 Å². The van der Waals surface area contributed by atoms with Crippen molar-refractivity contribution in [3.63, 3.8) is 0 Å². The van der Waals surface area contributed by atoms with Gasteiger partial charge in [-0.3, -0.25) is 4.99 Å². The van der Waals surface area contributed by atoms with Gasteiger partial charge in [0.2, 0.25) is 0 Å². The number of aliphatic imine (C=N–C) groups is 1. The van der Waals surface area contributed by atoms with Crippen LogP contribution in [-0.2, 0) is 13.1 Å². The summed E-state index contributed by atoms with van der Waals surface area (Å²) in [4.78, 5) is 10.6. The van der Waals surface area contributed by atoms with Gasteiger partial charge in [0.1, 0.15) is 11.6 Å². The third kappa shape index (κ3) is 5.15. The molecule has 0 saturated heterocycles. The number of ether oxygens (including phenoxy) is 1. The molecule has 1 aromatic carbocycles. The molecular formula is C18H25N5O. The van der Waals surface area contributed by atoms with Crippen LogP contribution in [0, 0.1) is 0 Å². The van der Waals surface area contributed by atoms with Gasteiger partial charge in [-0.15, -0.1) is 0 Å². The average Bonchev–Trinajstić information content (AvgIpc) is 2.62. The van der Waals surface area contributed by atoms with Crippen molar-refractivity contribution in [1.82, 2.24) is 15.6 Å². The lowest BCUT2D eigenvalue weighted by atomic mass is 10.2. The second-order valence-corrected chi connectivity index (χ2v) is 5.54. The summed E-state index contributed by atoms with van der Waals surface area (Å²) < 4.78 is 5.16. The van der Waals surface area contributed by atoms with Crippen LogP contribution in [-0.4, -0.2) is 39.2 Å². The zero-order chi connectivity index (χ0) is 17.4. The molecule has 0 fully saturated rings. The number of benzene rings is 1. The first-order valence-electron chi connectivity index (χ1n) is 7.82. The van der Waals surface area contributed by atoms with Gasteiger partial charge < -0.3 is 20.3 Å². The van der Waals surface area contributed by atoms with Crippen LogP contribution in [0.15, 0.2) is 47.6 Å². The van der Waals surface area contributed by atoms with Gasteiger partial charge in [-0.05, 0) is 35.4 Å². The molecule has 128 valence electrons. The van der Waals surface area contributed by atoms with Gasteiger partial charge >= 0.3 is 0 Å². The molecule has 24 heavy (non-hydrogen) atoms. The van der Waals surface area contributed by atoms with Crippen molar-refractivity contribution in [2.75, 3.05) is 33.2 Å². The minimum Gasteiger partial charge on any atom is -0.497 e. The zero-order valence-corrected chi connectivity index (χ0v) is 14.7. The molecule has 0 bridgehead atoms. The molecule has 6 heteroatoms. The lowest BCUT2D eigenvalue weighted by Gasteiger charge is -2.14. The Balaban J connectivity index is 1.87. The van der Waals surface area contributed by atoms with Crippen LogP contribution in [0.4, 0.5) is 5.82 Å². The molecule has 1 aromatic heterocycles. The van der Waals surface area contributed by atoms with Crippen molar-refractivity contribution in [1.29, 1.82) is 0 Å². The summed E-state index contributed by atoms with van der Waals surface area (Å²) in [6.45, 7) is 1.38. The van der Waals surface area contributed by atoms with Gasteiger partial charge in [0, 0.05) is 40.4 Å². The van der Waals surface area contributed by atoms with E-state index in [9.17, 15) is 0 Å². The molecule has 0 amide bonds. The average molecular weight is 327 g/mol. The van der Waals surface area contributed by atoms with E-state index in [0.29, 0.717) is 13.1 Å². The van der Waals surface area contributed by atoms with Crippen LogP contribution in [0.25, 0.3) is 0 Å². The normalized spacial score (nSPS) is 11.1. The third-order valence-electron chi connectivity index (χ3n) is 3.57. The molecular weight excluding hydrogens is 302 g/mol. The Morgan fingerprint density at radius 2 is 1.75 bits per heavy atom. The predicted octanol–water partition coefficient (Wildman–Crippen LogP) is 2.02. The van der Waals surface area contributed by atoms with Gasteiger partial charge in [-0.2, -0.15) is 0 Å². The van der Waals surface area contributed by atoms with E-state index in [0.717, 1.165) is 28.7 Å². The summed E-state index contributed by atoms with van der Waals surface area (Å²) >= 11 is 0. The van der Waals surface area contributed by atoms with Crippen LogP contribution in [0.5, 0.6) is 5.75 Å². The molecule has 0 atom stereocenters. The maximum atomic E-state index is 5.16. The molecule has 0 unspecified atom stereocenters. The highest BCUT2D eigenvalue weighted by atomic mass is 16.5. The summed E-state index contributed by atoms with van der Waals surface area (Å²) in [6.07, 6.45) is 1.82. The summed E-state index contributed by atoms with van der Waals surface area (Å²) in [7, 11) is 7.39. The summed E-state index contributed by atoms with van der Waals surface area (Å²) in [5.41, 5.74) is 2.32. The molecule has 0 spiro atoms. The SMILES string of the molecule is CN=C(NCc1ccc(OC)cc1)NCc1ccnc(N(C)C)c1. The first-order valence-corrected chi connectivity index (χ1v) is 7.82. The number of pyridine rings is 1. The highest BCUT2D eigenvalue weighted by Crippen LogP contribution is 2.11. The van der Waals surface area contributed by atoms with Gasteiger partial charge in [-0.25, -0.2) is 4.98 Å². The summed E-state index contributed by atoms with van der Waals surface area (Å²) in [5, 5.41) is 6.62. The van der Waals surface area contributed by atoms with E-state index in [2.05, 4.69) is 26.7 Å². The van der Waals surface area contributed by atoms with Crippen LogP contribution in [0.2, 0.25) is 0 Å². The van der Waals surface area contributed by atoms with E-state index in [4.69, 9.17) is 4.74 Å². The number of hydrogen-bond donors (Lipinski definition) is 2. The predicted molar refractivity (Wildman–Crippen MR) is 98.6 cm³/mol. The van der Waals surface area contributed by atoms with Gasteiger partial charge in [-0.1, -0.05) is 12.1 Å². The van der Waals surface area contributed by atoms with Crippen molar-refractivity contribution >= 4 is 11.8 Å². The first-order chi connectivity index (χ1) is 11.6. The van der Waals surface area contributed by atoms with Gasteiger partial charge in [0.05, 0.1) is 7.11 Å². The van der Waals surface area contributed by atoms with E-state index < -0.39 is 0 Å². The molecule has 0 aliphatic heterocycles. The number of nitrogens with zero attached hydrogens (tertiary/aromatic N) is 3. The molecule has 2 rings (SSSR count). The fourth-order valence-electron chi connectivity index (χ4n) is 2.15. The smallest absolute Gasteiger partial charge is 0.191 e. The Hall–Kier alpha value is -2.76. The van der Waals surface area contributed by atoms with E-state index in [1.165, 1.54) is 0 Å². The Morgan fingerprint density at radius 3 is 2.33 bits per heavy atom. The van der Waals surface area contributed by atoms with Gasteiger partial charge in [0.25, 0.3) is 0 Å². The number of aromatic nitrogens is 1. The third-order valence-corrected chi connectivity index (χ3v) is 3.57. The van der Waals surface area contributed by atoms with Crippen molar-refractivity contribution in [2.45, 2.75) is 13.1 Å². The second kappa shape index (κ2) is 8.76. The van der Waals surface area contributed by atoms with Crippen molar-refractivity contribution in [3.8, 4) is 5.75 Å². The Bertz CT molecular complexity index is 667. The van der Waals surface area contributed by atoms with Crippen LogP contribution in [0.3, 0.4) is 0 Å². The summed E-state index contributed by atoms with van der Waals surface area (Å²) in [5.74, 6) is 2.56. The molecule has 0 radical (unpaired) electrons. The van der Waals surface area contributed by atoms with Gasteiger partial charge in [0.15, 0.2) is 5.96 Å². The minimum absolute atomic E-state index is 0.686. The molecule has 6 nitrogen and oxygen atoms in total. The highest BCUT2D eigenvalue weighted by molar-refractivity contribution is 5.79. The number of rotatable bonds is 6. The number of anilines is 1. The maximum absolute atomic E-state index is 5.16. The van der Waals surface area contributed by atoms with Crippen molar-refractivity contribution in [2.24, 2.45) is 4.99 Å². The standard InChI is InChI=1S/C18H25N5O/c1-19-18(21-12-14-5-7-16(24-4)8-6-14)22-13-15-9-10-20-17(11-15)23(2)3/h5-11H,12-13H2,1-4H3,(H2,19,21,22). The fourth-order valence-corrected chi connectivity index (χ4v) is 2.15. The van der Waals surface area contributed by atoms with Crippen LogP contribution in [0.1, 0.15) is 11.1 Å². The van der Waals surface area contributed by atoms with Crippen LogP contribution < -0.4 is 20.3 Å². The summed E-state index contributed by atoms with van der Waals surface area (Å²) in [6, 6.07) is 12.0.